The molecule has 15 heteroatoms. The number of alkyl halides is 3. The zero-order chi connectivity index (χ0) is 31.3. The van der Waals surface area contributed by atoms with Gasteiger partial charge in [0.25, 0.3) is 0 Å². The number of carbonyl (C=O) groups is 2. The topological polar surface area (TPSA) is 109 Å². The van der Waals surface area contributed by atoms with E-state index < -0.39 is 54.8 Å². The van der Waals surface area contributed by atoms with Gasteiger partial charge in [-0.2, -0.15) is 13.2 Å². The first-order chi connectivity index (χ1) is 20.4. The molecule has 0 saturated carbocycles. The molecule has 1 unspecified atom stereocenters. The van der Waals surface area contributed by atoms with Gasteiger partial charge < -0.3 is 29.8 Å². The third-order valence-electron chi connectivity index (χ3n) is 7.62. The van der Waals surface area contributed by atoms with Crippen molar-refractivity contribution in [2.24, 2.45) is 0 Å². The molecule has 0 aliphatic carbocycles. The van der Waals surface area contributed by atoms with E-state index >= 15 is 0 Å². The Hall–Kier alpha value is -2.30. The van der Waals surface area contributed by atoms with Crippen LogP contribution in [0.2, 0.25) is 0 Å². The van der Waals surface area contributed by atoms with Crippen LogP contribution in [0.1, 0.15) is 50.1 Å². The van der Waals surface area contributed by atoms with Crippen LogP contribution in [0.5, 0.6) is 0 Å². The van der Waals surface area contributed by atoms with E-state index in [0.29, 0.717) is 28.8 Å². The van der Waals surface area contributed by atoms with E-state index in [4.69, 9.17) is 5.11 Å². The minimum Gasteiger partial charge on any atom is -0.407 e. The summed E-state index contributed by atoms with van der Waals surface area (Å²) in [7, 11) is 0. The largest absolute Gasteiger partial charge is 1.00 e. The molecule has 2 saturated heterocycles. The molecule has 5 rings (SSSR count). The molecule has 0 spiro atoms. The first-order valence-electron chi connectivity index (χ1n) is 14.0. The Bertz CT molecular complexity index is 1490. The molecule has 3 amide bonds. The van der Waals surface area contributed by atoms with Gasteiger partial charge in [0.2, 0.25) is 5.91 Å². The van der Waals surface area contributed by atoms with Gasteiger partial charge in [0, 0.05) is 32.2 Å². The summed E-state index contributed by atoms with van der Waals surface area (Å²) in [5, 5.41) is 10.1. The molecule has 234 valence electrons. The Morgan fingerprint density at radius 2 is 1.68 bits per heavy atom. The van der Waals surface area contributed by atoms with Crippen molar-refractivity contribution in [3.05, 3.63) is 70.1 Å². The van der Waals surface area contributed by atoms with Gasteiger partial charge in [-0.1, -0.05) is 36.4 Å². The summed E-state index contributed by atoms with van der Waals surface area (Å²) >= 11 is 0. The number of amides is 3. The Morgan fingerprint density at radius 1 is 1.02 bits per heavy atom. The van der Waals surface area contributed by atoms with Crippen LogP contribution in [0.4, 0.5) is 26.7 Å². The van der Waals surface area contributed by atoms with Crippen molar-refractivity contribution in [2.45, 2.75) is 56.8 Å². The van der Waals surface area contributed by atoms with E-state index in [0.717, 1.165) is 6.07 Å². The van der Waals surface area contributed by atoms with Crippen molar-refractivity contribution in [1.82, 2.24) is 24.7 Å². The third-order valence-corrected chi connectivity index (χ3v) is 7.62. The predicted octanol–water partition coefficient (Wildman–Crippen LogP) is 0.923. The smallest absolute Gasteiger partial charge is 0.407 e. The van der Waals surface area contributed by atoms with Gasteiger partial charge in [-0.05, 0) is 61.3 Å². The molecule has 9 nitrogen and oxygen atoms in total. The fraction of sp³-hybridized carbons (Fsp3) is 0.483. The fourth-order valence-corrected chi connectivity index (χ4v) is 5.68. The van der Waals surface area contributed by atoms with Crippen LogP contribution in [0.15, 0.2) is 47.3 Å². The van der Waals surface area contributed by atoms with E-state index in [-0.39, 0.29) is 101 Å². The molecule has 44 heavy (non-hydrogen) atoms. The maximum Gasteiger partial charge on any atom is 1.00 e. The molecule has 2 fully saturated rings. The van der Waals surface area contributed by atoms with Gasteiger partial charge in [-0.15, -0.1) is 0 Å². The van der Waals surface area contributed by atoms with Crippen molar-refractivity contribution < 1.29 is 88.0 Å². The second kappa shape index (κ2) is 15.8. The normalized spacial score (nSPS) is 19.6. The molecule has 2 N–H and O–H groups in total. The Labute approximate surface area is 293 Å². The van der Waals surface area contributed by atoms with Gasteiger partial charge in [0.1, 0.15) is 12.6 Å². The number of hydrogen-bond donors (Lipinski definition) is 2. The zero-order valence-corrected chi connectivity index (χ0v) is 27.6. The quantitative estimate of drug-likeness (QED) is 0.323. The number of aliphatic hydroxyl groups is 1. The minimum absolute atomic E-state index is 0. The van der Waals surface area contributed by atoms with Crippen molar-refractivity contribution in [2.75, 3.05) is 32.8 Å². The first kappa shape index (κ1) is 36.2. The molecule has 3 aromatic rings. The van der Waals surface area contributed by atoms with E-state index in [1.54, 1.807) is 29.7 Å². The maximum atomic E-state index is 14.5. The van der Waals surface area contributed by atoms with Crippen LogP contribution < -0.4 is 67.4 Å². The molecule has 2 aromatic carbocycles. The number of likely N-dealkylation sites (tertiary alicyclic amines) is 2. The molecule has 0 radical (unpaired) electrons. The number of carbonyl (C=O) groups excluding carboxylic acids is 2. The number of aliphatic hydroxyl groups excluding tert-OH is 1. The molecular formula is C29H33F5KN5O4. The number of para-hydroxylation sites is 2. The SMILES string of the molecule is CCO.O=C(N[C@@H]1CCC(c2cccc(F)c2F)CN(CC(F)(F)F)C1=O)N1CCC(n2c(=O)[n-]c3ccccc32)CC1.[K+]. The number of halogens is 5. The monoisotopic (exact) mass is 649 g/mol. The van der Waals surface area contributed by atoms with E-state index in [1.165, 1.54) is 17.0 Å². The predicted molar refractivity (Wildman–Crippen MR) is 147 cm³/mol. The third kappa shape index (κ3) is 8.69. The van der Waals surface area contributed by atoms with Crippen molar-refractivity contribution in [3.63, 3.8) is 0 Å². The van der Waals surface area contributed by atoms with Crippen molar-refractivity contribution >= 4 is 23.0 Å². The Kier molecular flexibility index (Phi) is 13.0. The Balaban J connectivity index is 0.00000127. The van der Waals surface area contributed by atoms with E-state index in [9.17, 15) is 36.3 Å². The molecule has 3 heterocycles. The van der Waals surface area contributed by atoms with Gasteiger partial charge in [0.05, 0.1) is 0 Å². The second-order valence-electron chi connectivity index (χ2n) is 10.5. The van der Waals surface area contributed by atoms with Crippen LogP contribution in [0.25, 0.3) is 11.0 Å². The number of hydrogen-bond acceptors (Lipinski definition) is 4. The summed E-state index contributed by atoms with van der Waals surface area (Å²) in [6.45, 7) is 0.403. The number of fused-ring (bicyclic) bond motifs is 1. The molecular weight excluding hydrogens is 616 g/mol. The summed E-state index contributed by atoms with van der Waals surface area (Å²) in [6.07, 6.45) is -3.81. The first-order valence-corrected chi connectivity index (χ1v) is 14.0. The number of benzene rings is 2. The zero-order valence-electron chi connectivity index (χ0n) is 24.5. The molecule has 2 aliphatic rings. The number of imidazole rings is 1. The van der Waals surface area contributed by atoms with Gasteiger partial charge in [-0.3, -0.25) is 9.59 Å². The van der Waals surface area contributed by atoms with E-state index in [2.05, 4.69) is 10.3 Å². The van der Waals surface area contributed by atoms with Gasteiger partial charge in [0.15, 0.2) is 17.3 Å². The summed E-state index contributed by atoms with van der Waals surface area (Å²) in [4.78, 5) is 44.7. The average Bonchev–Trinajstić information content (AvgIpc) is 3.22. The number of urea groups is 1. The van der Waals surface area contributed by atoms with Crippen molar-refractivity contribution in [3.8, 4) is 0 Å². The van der Waals surface area contributed by atoms with E-state index in [1.807, 2.05) is 6.07 Å². The number of nitrogens with zero attached hydrogens (tertiary/aromatic N) is 4. The fourth-order valence-electron chi connectivity index (χ4n) is 5.68. The summed E-state index contributed by atoms with van der Waals surface area (Å²) < 4.78 is 69.9. The van der Waals surface area contributed by atoms with Gasteiger partial charge in [-0.25, -0.2) is 13.6 Å². The standard InChI is InChI=1S/C27H28F5N5O3.C2H6O.K/c28-19-5-3-4-18(23(19)29)16-8-9-21(24(38)36(14-16)15-27(30,31)32)34-25(39)35-12-10-17(11-13-35)37-22-7-2-1-6-20(22)33-26(37)40;1-2-3;/h1-7,16-17,21H,8-15H2,(H2,33,34,39,40);3H,2H2,1H3;/q;;+1/p-1/t16?,21-;;/m1../s1. The van der Waals surface area contributed by atoms with Crippen LogP contribution >= 0.6 is 0 Å². The van der Waals surface area contributed by atoms with Crippen LogP contribution in [0.3, 0.4) is 0 Å². The number of aromatic nitrogens is 2. The number of rotatable bonds is 4. The molecule has 1 aromatic heterocycles. The summed E-state index contributed by atoms with van der Waals surface area (Å²) in [5.74, 6) is -4.10. The number of nitrogens with one attached hydrogen (secondary N) is 1. The molecule has 2 atom stereocenters. The van der Waals surface area contributed by atoms with Crippen LogP contribution in [-0.4, -0.2) is 76.4 Å². The van der Waals surface area contributed by atoms with Crippen LogP contribution in [-0.2, 0) is 4.79 Å². The second-order valence-corrected chi connectivity index (χ2v) is 10.5. The minimum atomic E-state index is -4.72. The molecule has 2 aliphatic heterocycles. The van der Waals surface area contributed by atoms with Gasteiger partial charge >= 0.3 is 63.6 Å². The van der Waals surface area contributed by atoms with Crippen molar-refractivity contribution in [1.29, 1.82) is 0 Å². The summed E-state index contributed by atoms with van der Waals surface area (Å²) in [6, 6.07) is 8.54. The van der Waals surface area contributed by atoms with Crippen LogP contribution in [0, 0.1) is 11.6 Å². The summed E-state index contributed by atoms with van der Waals surface area (Å²) in [5.41, 5.74) is 0.800. The average molecular weight is 650 g/mol. The number of piperidine rings is 1. The maximum absolute atomic E-state index is 14.5. The Morgan fingerprint density at radius 3 is 2.34 bits per heavy atom. The molecule has 0 bridgehead atoms.